The highest BCUT2D eigenvalue weighted by Crippen LogP contribution is 2.33. The smallest absolute Gasteiger partial charge is 0.321 e. The van der Waals surface area contributed by atoms with Crippen molar-refractivity contribution < 1.29 is 14.3 Å². The number of carbonyl (C=O) groups excluding carboxylic acids is 2. The van der Waals surface area contributed by atoms with Gasteiger partial charge in [-0.15, -0.1) is 0 Å². The second kappa shape index (κ2) is 1.23. The lowest BCUT2D eigenvalue weighted by molar-refractivity contribution is -0.153. The van der Waals surface area contributed by atoms with E-state index in [1.165, 1.54) is 0 Å². The first-order valence-corrected chi connectivity index (χ1v) is 2.73. The molecule has 3 heteroatoms. The molecule has 0 bridgehead atoms. The maximum atomic E-state index is 10.6. The van der Waals surface area contributed by atoms with Crippen molar-refractivity contribution in [1.82, 2.24) is 0 Å². The van der Waals surface area contributed by atoms with E-state index in [4.69, 9.17) is 0 Å². The van der Waals surface area contributed by atoms with Gasteiger partial charge in [0.05, 0.1) is 11.8 Å². The van der Waals surface area contributed by atoms with Gasteiger partial charge in [0.2, 0.25) is 0 Å². The molecule has 0 amide bonds. The summed E-state index contributed by atoms with van der Waals surface area (Å²) in [5.74, 6) is -1.30. The molecule has 0 aromatic heterocycles. The summed E-state index contributed by atoms with van der Waals surface area (Å²) in [6, 6.07) is 0. The van der Waals surface area contributed by atoms with Crippen LogP contribution in [0.4, 0.5) is 0 Å². The van der Waals surface area contributed by atoms with E-state index in [1.54, 1.807) is 12.2 Å². The van der Waals surface area contributed by atoms with E-state index in [0.29, 0.717) is 0 Å². The number of hydrogen-bond acceptors (Lipinski definition) is 3. The lowest BCUT2D eigenvalue weighted by atomic mass is 9.85. The van der Waals surface area contributed by atoms with Gasteiger partial charge in [-0.25, -0.2) is 0 Å². The summed E-state index contributed by atoms with van der Waals surface area (Å²) in [6.07, 6.45) is 3.38. The Hall–Kier alpha value is -1.12. The molecule has 0 N–H and O–H groups in total. The topological polar surface area (TPSA) is 43.4 Å². The van der Waals surface area contributed by atoms with Crippen molar-refractivity contribution in [3.05, 3.63) is 12.2 Å². The molecule has 9 heavy (non-hydrogen) atoms. The van der Waals surface area contributed by atoms with E-state index in [2.05, 4.69) is 4.74 Å². The molecular weight excluding hydrogens is 120 g/mol. The van der Waals surface area contributed by atoms with Crippen molar-refractivity contribution in [3.63, 3.8) is 0 Å². The lowest BCUT2D eigenvalue weighted by Gasteiger charge is -2.12. The SMILES string of the molecule is O=C1OC(=O)[C@@H]2C=C[C@H]12. The molecule has 1 aliphatic heterocycles. The molecule has 0 unspecified atom stereocenters. The van der Waals surface area contributed by atoms with Crippen molar-refractivity contribution in [1.29, 1.82) is 0 Å². The molecule has 2 rings (SSSR count). The van der Waals surface area contributed by atoms with Gasteiger partial charge in [-0.05, 0) is 0 Å². The van der Waals surface area contributed by atoms with Crippen LogP contribution in [0.3, 0.4) is 0 Å². The Labute approximate surface area is 51.3 Å². The van der Waals surface area contributed by atoms with Gasteiger partial charge in [0.1, 0.15) is 0 Å². The molecule has 2 atom stereocenters. The van der Waals surface area contributed by atoms with Crippen LogP contribution >= 0.6 is 0 Å². The predicted molar refractivity (Wildman–Crippen MR) is 27.2 cm³/mol. The number of rotatable bonds is 0. The zero-order chi connectivity index (χ0) is 6.43. The maximum absolute atomic E-state index is 10.6. The molecule has 2 aliphatic rings. The summed E-state index contributed by atoms with van der Waals surface area (Å²) in [5.41, 5.74) is 0. The molecular formula is C6H4O3. The van der Waals surface area contributed by atoms with Gasteiger partial charge in [0.15, 0.2) is 0 Å². The van der Waals surface area contributed by atoms with Crippen molar-refractivity contribution >= 4 is 11.9 Å². The highest BCUT2D eigenvalue weighted by Gasteiger charge is 2.45. The van der Waals surface area contributed by atoms with E-state index in [1.807, 2.05) is 0 Å². The normalized spacial score (nSPS) is 37.8. The Morgan fingerprint density at radius 3 is 1.78 bits per heavy atom. The second-order valence-corrected chi connectivity index (χ2v) is 2.18. The van der Waals surface area contributed by atoms with Crippen LogP contribution in [0.25, 0.3) is 0 Å². The first kappa shape index (κ1) is 4.73. The van der Waals surface area contributed by atoms with Gasteiger partial charge < -0.3 is 4.74 Å². The monoisotopic (exact) mass is 124 g/mol. The van der Waals surface area contributed by atoms with Crippen molar-refractivity contribution in [2.45, 2.75) is 0 Å². The second-order valence-electron chi connectivity index (χ2n) is 2.18. The van der Waals surface area contributed by atoms with Crippen LogP contribution in [0.1, 0.15) is 0 Å². The fourth-order valence-corrected chi connectivity index (χ4v) is 1.02. The largest absolute Gasteiger partial charge is 0.392 e. The Morgan fingerprint density at radius 1 is 1.11 bits per heavy atom. The Morgan fingerprint density at radius 2 is 1.56 bits per heavy atom. The van der Waals surface area contributed by atoms with Gasteiger partial charge in [0, 0.05) is 0 Å². The molecule has 3 nitrogen and oxygen atoms in total. The van der Waals surface area contributed by atoms with E-state index in [0.717, 1.165) is 0 Å². The Balaban J connectivity index is 2.37. The maximum Gasteiger partial charge on any atom is 0.321 e. The highest BCUT2D eigenvalue weighted by atomic mass is 16.6. The quantitative estimate of drug-likeness (QED) is 0.257. The third kappa shape index (κ3) is 0.415. The summed E-state index contributed by atoms with van der Waals surface area (Å²) in [4.78, 5) is 21.1. The van der Waals surface area contributed by atoms with Gasteiger partial charge in [0.25, 0.3) is 0 Å². The Kier molecular flexibility index (Phi) is 0.649. The Bertz CT molecular complexity index is 194. The van der Waals surface area contributed by atoms with Crippen LogP contribution in [0.2, 0.25) is 0 Å². The molecule has 0 radical (unpaired) electrons. The van der Waals surface area contributed by atoms with Crippen LogP contribution in [0.15, 0.2) is 12.2 Å². The van der Waals surface area contributed by atoms with E-state index in [9.17, 15) is 9.59 Å². The molecule has 1 aliphatic carbocycles. The molecule has 0 spiro atoms. The lowest BCUT2D eigenvalue weighted by Crippen LogP contribution is -2.20. The molecule has 0 aromatic rings. The predicted octanol–water partition coefficient (Wildman–Crippen LogP) is -0.128. The van der Waals surface area contributed by atoms with Crippen molar-refractivity contribution in [2.24, 2.45) is 11.8 Å². The fourth-order valence-electron chi connectivity index (χ4n) is 1.02. The first-order chi connectivity index (χ1) is 4.29. The number of ether oxygens (including phenoxy) is 1. The zero-order valence-electron chi connectivity index (χ0n) is 4.53. The average molecular weight is 124 g/mol. The molecule has 1 saturated heterocycles. The average Bonchev–Trinajstić information content (AvgIpc) is 1.73. The minimum Gasteiger partial charge on any atom is -0.392 e. The summed E-state index contributed by atoms with van der Waals surface area (Å²) in [7, 11) is 0. The number of fused-ring (bicyclic) bond motifs is 1. The number of cyclic esters (lactones) is 2. The summed E-state index contributed by atoms with van der Waals surface area (Å²) >= 11 is 0. The van der Waals surface area contributed by atoms with Crippen LogP contribution in [-0.2, 0) is 14.3 Å². The summed E-state index contributed by atoms with van der Waals surface area (Å²) in [6.45, 7) is 0. The van der Waals surface area contributed by atoms with Crippen LogP contribution in [0, 0.1) is 11.8 Å². The van der Waals surface area contributed by atoms with Gasteiger partial charge in [-0.1, -0.05) is 12.2 Å². The van der Waals surface area contributed by atoms with Gasteiger partial charge in [-0.3, -0.25) is 9.59 Å². The summed E-state index contributed by atoms with van der Waals surface area (Å²) in [5, 5.41) is 0. The minimum absolute atomic E-state index is 0.252. The van der Waals surface area contributed by atoms with E-state index >= 15 is 0 Å². The van der Waals surface area contributed by atoms with Crippen molar-refractivity contribution in [3.8, 4) is 0 Å². The standard InChI is InChI=1S/C6H4O3/c7-5-3-1-2-4(3)6(8)9-5/h1-4H/t3-,4+. The molecule has 0 aromatic carbocycles. The molecule has 46 valence electrons. The van der Waals surface area contributed by atoms with E-state index in [-0.39, 0.29) is 11.8 Å². The first-order valence-electron chi connectivity index (χ1n) is 2.73. The van der Waals surface area contributed by atoms with Crippen molar-refractivity contribution in [2.75, 3.05) is 0 Å². The highest BCUT2D eigenvalue weighted by molar-refractivity contribution is 6.00. The van der Waals surface area contributed by atoms with Crippen LogP contribution in [0.5, 0.6) is 0 Å². The van der Waals surface area contributed by atoms with Crippen LogP contribution in [-0.4, -0.2) is 11.9 Å². The summed E-state index contributed by atoms with van der Waals surface area (Å²) < 4.78 is 4.31. The molecule has 0 saturated carbocycles. The fraction of sp³-hybridized carbons (Fsp3) is 0.333. The third-order valence-corrected chi connectivity index (χ3v) is 1.66. The zero-order valence-corrected chi connectivity index (χ0v) is 4.53. The number of hydrogen-bond donors (Lipinski definition) is 0. The molecule has 1 heterocycles. The van der Waals surface area contributed by atoms with Gasteiger partial charge >= 0.3 is 11.9 Å². The number of carbonyl (C=O) groups is 2. The van der Waals surface area contributed by atoms with Gasteiger partial charge in [-0.2, -0.15) is 0 Å². The van der Waals surface area contributed by atoms with Crippen LogP contribution < -0.4 is 0 Å². The van der Waals surface area contributed by atoms with E-state index < -0.39 is 11.9 Å². The minimum atomic E-state index is -0.396. The number of esters is 2. The third-order valence-electron chi connectivity index (χ3n) is 1.66. The molecule has 1 fully saturated rings.